The molecule has 128 valence electrons. The van der Waals surface area contributed by atoms with Gasteiger partial charge in [-0.3, -0.25) is 9.59 Å². The Kier molecular flexibility index (Phi) is 5.24. The molecule has 0 aliphatic heterocycles. The summed E-state index contributed by atoms with van der Waals surface area (Å²) in [5, 5.41) is 17.8. The number of nitrogens with zero attached hydrogens (tertiary/aromatic N) is 2. The number of amides is 1. The molecule has 8 heteroatoms. The fraction of sp³-hybridized carbons (Fsp3) is 0.500. The third kappa shape index (κ3) is 4.00. The molecule has 7 nitrogen and oxygen atoms in total. The maximum absolute atomic E-state index is 12.0. The highest BCUT2D eigenvalue weighted by Gasteiger charge is 2.33. The molecule has 2 aromatic rings. The molecule has 0 unspecified atom stereocenters. The van der Waals surface area contributed by atoms with Gasteiger partial charge in [-0.1, -0.05) is 17.6 Å². The quantitative estimate of drug-likeness (QED) is 0.795. The summed E-state index contributed by atoms with van der Waals surface area (Å²) in [6, 6.07) is 3.60. The molecule has 1 aliphatic carbocycles. The van der Waals surface area contributed by atoms with Crippen molar-refractivity contribution in [2.45, 2.75) is 44.6 Å². The lowest BCUT2D eigenvalue weighted by Gasteiger charge is -2.17. The summed E-state index contributed by atoms with van der Waals surface area (Å²) in [4.78, 5) is 28.4. The zero-order valence-corrected chi connectivity index (χ0v) is 13.9. The third-order valence-electron chi connectivity index (χ3n) is 4.18. The maximum Gasteiger partial charge on any atom is 0.308 e. The van der Waals surface area contributed by atoms with Gasteiger partial charge in [-0.25, -0.2) is 0 Å². The summed E-state index contributed by atoms with van der Waals surface area (Å²) in [6.45, 7) is 0. The normalized spacial score (nSPS) is 20.2. The lowest BCUT2D eigenvalue weighted by Crippen LogP contribution is -2.40. The van der Waals surface area contributed by atoms with Crippen LogP contribution in [0, 0.1) is 5.92 Å². The van der Waals surface area contributed by atoms with E-state index in [1.165, 1.54) is 0 Å². The van der Waals surface area contributed by atoms with Gasteiger partial charge in [-0.05, 0) is 30.7 Å². The molecule has 2 N–H and O–H groups in total. The molecule has 2 heterocycles. The number of hydrogen-bond acceptors (Lipinski definition) is 6. The molecule has 0 spiro atoms. The van der Waals surface area contributed by atoms with Gasteiger partial charge in [0.2, 0.25) is 17.6 Å². The first kappa shape index (κ1) is 16.6. The van der Waals surface area contributed by atoms with Gasteiger partial charge in [0.25, 0.3) is 0 Å². The number of thiophene rings is 1. The van der Waals surface area contributed by atoms with Crippen molar-refractivity contribution >= 4 is 23.2 Å². The van der Waals surface area contributed by atoms with Crippen LogP contribution in [0.1, 0.15) is 38.0 Å². The van der Waals surface area contributed by atoms with Crippen LogP contribution < -0.4 is 5.32 Å². The van der Waals surface area contributed by atoms with Crippen molar-refractivity contribution in [3.05, 3.63) is 23.4 Å². The van der Waals surface area contributed by atoms with E-state index in [4.69, 9.17) is 9.63 Å². The Labute approximate surface area is 143 Å². The average Bonchev–Trinajstić information content (AvgIpc) is 3.28. The van der Waals surface area contributed by atoms with Crippen LogP contribution >= 0.6 is 11.3 Å². The van der Waals surface area contributed by atoms with Crippen molar-refractivity contribution in [1.82, 2.24) is 15.5 Å². The standard InChI is InChI=1S/C16H19N3O4S/c20-13(17-11-5-1-4-10(11)16(21)22)7-2-8-14-18-15(19-23-14)12-6-3-9-24-12/h3,6,9-11H,1-2,4-5,7-8H2,(H,17,20)(H,21,22)/t10-,11+/m1/s1. The summed E-state index contributed by atoms with van der Waals surface area (Å²) in [5.41, 5.74) is 0. The average molecular weight is 349 g/mol. The van der Waals surface area contributed by atoms with Crippen LogP contribution in [0.4, 0.5) is 0 Å². The second-order valence-electron chi connectivity index (χ2n) is 5.89. The lowest BCUT2D eigenvalue weighted by atomic mass is 10.0. The van der Waals surface area contributed by atoms with Crippen molar-refractivity contribution in [2.75, 3.05) is 0 Å². The van der Waals surface area contributed by atoms with E-state index in [2.05, 4.69) is 15.5 Å². The van der Waals surface area contributed by atoms with E-state index in [0.29, 0.717) is 37.4 Å². The first-order chi connectivity index (χ1) is 11.6. The zero-order valence-electron chi connectivity index (χ0n) is 13.1. The number of aryl methyl sites for hydroxylation is 1. The number of carboxylic acids is 1. The van der Waals surface area contributed by atoms with Crippen LogP contribution in [0.5, 0.6) is 0 Å². The summed E-state index contributed by atoms with van der Waals surface area (Å²) in [5.74, 6) is -0.329. The lowest BCUT2D eigenvalue weighted by molar-refractivity contribution is -0.142. The van der Waals surface area contributed by atoms with E-state index < -0.39 is 11.9 Å². The minimum atomic E-state index is -0.829. The number of rotatable bonds is 7. The Morgan fingerprint density at radius 3 is 3.04 bits per heavy atom. The van der Waals surface area contributed by atoms with Crippen LogP contribution in [0.25, 0.3) is 10.7 Å². The predicted octanol–water partition coefficient (Wildman–Crippen LogP) is 2.49. The highest BCUT2D eigenvalue weighted by Crippen LogP contribution is 2.26. The van der Waals surface area contributed by atoms with Crippen LogP contribution in [-0.2, 0) is 16.0 Å². The molecule has 1 aliphatic rings. The van der Waals surface area contributed by atoms with Gasteiger partial charge < -0.3 is 14.9 Å². The Morgan fingerprint density at radius 1 is 1.42 bits per heavy atom. The number of carboxylic acid groups (broad SMARTS) is 1. The summed E-state index contributed by atoms with van der Waals surface area (Å²) in [6.07, 6.45) is 3.64. The number of carbonyl (C=O) groups is 2. The Hall–Kier alpha value is -2.22. The molecule has 0 saturated heterocycles. The molecule has 3 rings (SSSR count). The highest BCUT2D eigenvalue weighted by atomic mass is 32.1. The van der Waals surface area contributed by atoms with Crippen LogP contribution in [0.3, 0.4) is 0 Å². The topological polar surface area (TPSA) is 105 Å². The molecule has 1 fully saturated rings. The van der Waals surface area contributed by atoms with Gasteiger partial charge in [0, 0.05) is 18.9 Å². The second kappa shape index (κ2) is 7.57. The van der Waals surface area contributed by atoms with Crippen molar-refractivity contribution in [3.8, 4) is 10.7 Å². The van der Waals surface area contributed by atoms with Crippen molar-refractivity contribution in [3.63, 3.8) is 0 Å². The molecule has 2 aromatic heterocycles. The summed E-state index contributed by atoms with van der Waals surface area (Å²) in [7, 11) is 0. The number of aromatic nitrogens is 2. The third-order valence-corrected chi connectivity index (χ3v) is 5.05. The van der Waals surface area contributed by atoms with E-state index in [1.807, 2.05) is 17.5 Å². The Morgan fingerprint density at radius 2 is 2.29 bits per heavy atom. The summed E-state index contributed by atoms with van der Waals surface area (Å²) >= 11 is 1.54. The van der Waals surface area contributed by atoms with Crippen LogP contribution in [-0.4, -0.2) is 33.2 Å². The molecule has 24 heavy (non-hydrogen) atoms. The molecular weight excluding hydrogens is 330 g/mol. The number of hydrogen-bond donors (Lipinski definition) is 2. The van der Waals surface area contributed by atoms with Gasteiger partial charge in [-0.15, -0.1) is 11.3 Å². The van der Waals surface area contributed by atoms with Crippen molar-refractivity contribution in [2.24, 2.45) is 5.92 Å². The van der Waals surface area contributed by atoms with Gasteiger partial charge >= 0.3 is 5.97 Å². The Balaban J connectivity index is 1.43. The largest absolute Gasteiger partial charge is 0.481 e. The second-order valence-corrected chi connectivity index (χ2v) is 6.84. The Bertz CT molecular complexity index is 698. The van der Waals surface area contributed by atoms with Crippen molar-refractivity contribution < 1.29 is 19.2 Å². The first-order valence-corrected chi connectivity index (χ1v) is 8.90. The van der Waals surface area contributed by atoms with Gasteiger partial charge in [0.1, 0.15) is 0 Å². The smallest absolute Gasteiger partial charge is 0.308 e. The SMILES string of the molecule is O=C(CCCc1nc(-c2cccs2)no1)N[C@H]1CCC[C@H]1C(=O)O. The maximum atomic E-state index is 12.0. The number of aliphatic carboxylic acids is 1. The molecule has 0 radical (unpaired) electrons. The first-order valence-electron chi connectivity index (χ1n) is 8.02. The van der Waals surface area contributed by atoms with Gasteiger partial charge in [0.05, 0.1) is 10.8 Å². The molecule has 0 bridgehead atoms. The fourth-order valence-corrected chi connectivity index (χ4v) is 3.62. The van der Waals surface area contributed by atoms with E-state index in [1.54, 1.807) is 11.3 Å². The highest BCUT2D eigenvalue weighted by molar-refractivity contribution is 7.13. The molecule has 1 saturated carbocycles. The minimum Gasteiger partial charge on any atom is -0.481 e. The van der Waals surface area contributed by atoms with Crippen LogP contribution in [0.2, 0.25) is 0 Å². The monoisotopic (exact) mass is 349 g/mol. The van der Waals surface area contributed by atoms with Gasteiger partial charge in [0.15, 0.2) is 0 Å². The minimum absolute atomic E-state index is 0.119. The predicted molar refractivity (Wildman–Crippen MR) is 87.5 cm³/mol. The molecular formula is C16H19N3O4S. The van der Waals surface area contributed by atoms with Gasteiger partial charge in [-0.2, -0.15) is 4.98 Å². The summed E-state index contributed by atoms with van der Waals surface area (Å²) < 4.78 is 5.19. The van der Waals surface area contributed by atoms with Crippen molar-refractivity contribution in [1.29, 1.82) is 0 Å². The van der Waals surface area contributed by atoms with Crippen LogP contribution in [0.15, 0.2) is 22.0 Å². The number of carbonyl (C=O) groups excluding carboxylic acids is 1. The van der Waals surface area contributed by atoms with E-state index in [9.17, 15) is 9.59 Å². The molecule has 1 amide bonds. The van der Waals surface area contributed by atoms with E-state index in [0.717, 1.165) is 17.7 Å². The molecule has 0 aromatic carbocycles. The number of nitrogens with one attached hydrogen (secondary N) is 1. The van der Waals surface area contributed by atoms with E-state index >= 15 is 0 Å². The fourth-order valence-electron chi connectivity index (χ4n) is 2.97. The van der Waals surface area contributed by atoms with E-state index in [-0.39, 0.29) is 11.9 Å². The molecule has 2 atom stereocenters. The zero-order chi connectivity index (χ0) is 16.9.